The first-order valence-electron chi connectivity index (χ1n) is 4.56. The molecule has 1 aliphatic rings. The summed E-state index contributed by atoms with van der Waals surface area (Å²) >= 11 is 3.11. The van der Waals surface area contributed by atoms with Crippen molar-refractivity contribution < 1.29 is 19.7 Å². The molecule has 1 heterocycles. The summed E-state index contributed by atoms with van der Waals surface area (Å²) in [6.07, 6.45) is 0. The molecule has 0 amide bonds. The van der Waals surface area contributed by atoms with Gasteiger partial charge in [0, 0.05) is 11.5 Å². The number of thioether (sulfide) groups is 2. The first-order chi connectivity index (χ1) is 6.88. The van der Waals surface area contributed by atoms with Crippen LogP contribution in [-0.4, -0.2) is 59.0 Å². The Balaban J connectivity index is 2.26. The molecule has 0 radical (unpaired) electrons. The second kappa shape index (κ2) is 7.78. The third-order valence-corrected chi connectivity index (χ3v) is 4.05. The molecule has 2 atom stereocenters. The molecule has 6 heteroatoms. The molecule has 4 nitrogen and oxygen atoms in total. The van der Waals surface area contributed by atoms with Crippen LogP contribution in [0.3, 0.4) is 0 Å². The van der Waals surface area contributed by atoms with Gasteiger partial charge in [-0.2, -0.15) is 0 Å². The van der Waals surface area contributed by atoms with E-state index >= 15 is 0 Å². The lowest BCUT2D eigenvalue weighted by atomic mass is 10.6. The number of ether oxygens (including phenoxy) is 2. The zero-order chi connectivity index (χ0) is 10.2. The standard InChI is InChI=1S/C8H16O4S2/c9-1-5-13-7-8(14-6-2-10)12-4-3-11-7/h7-10H,1-6H2. The molecule has 1 rings (SSSR count). The molecule has 0 aromatic carbocycles. The number of aliphatic hydroxyl groups excluding tert-OH is 2. The van der Waals surface area contributed by atoms with Crippen LogP contribution >= 0.6 is 23.5 Å². The van der Waals surface area contributed by atoms with Gasteiger partial charge in [0.25, 0.3) is 0 Å². The molecule has 2 N–H and O–H groups in total. The normalized spacial score (nSPS) is 27.9. The van der Waals surface area contributed by atoms with Gasteiger partial charge >= 0.3 is 0 Å². The third kappa shape index (κ3) is 4.37. The fraction of sp³-hybridized carbons (Fsp3) is 1.00. The average molecular weight is 240 g/mol. The Morgan fingerprint density at radius 1 is 0.929 bits per heavy atom. The Kier molecular flexibility index (Phi) is 7.01. The summed E-state index contributed by atoms with van der Waals surface area (Å²) in [5.74, 6) is 1.31. The maximum Gasteiger partial charge on any atom is 0.139 e. The van der Waals surface area contributed by atoms with E-state index in [1.54, 1.807) is 23.5 Å². The molecule has 0 aromatic heterocycles. The van der Waals surface area contributed by atoms with E-state index in [0.717, 1.165) is 0 Å². The molecule has 14 heavy (non-hydrogen) atoms. The van der Waals surface area contributed by atoms with Gasteiger partial charge in [-0.05, 0) is 0 Å². The first kappa shape index (κ1) is 12.6. The highest BCUT2D eigenvalue weighted by Crippen LogP contribution is 2.28. The van der Waals surface area contributed by atoms with Crippen molar-refractivity contribution in [1.29, 1.82) is 0 Å². The van der Waals surface area contributed by atoms with E-state index in [1.165, 1.54) is 0 Å². The van der Waals surface area contributed by atoms with Crippen molar-refractivity contribution in [1.82, 2.24) is 0 Å². The highest BCUT2D eigenvalue weighted by molar-refractivity contribution is 8.03. The van der Waals surface area contributed by atoms with Crippen molar-refractivity contribution in [3.63, 3.8) is 0 Å². The van der Waals surface area contributed by atoms with Crippen LogP contribution in [-0.2, 0) is 9.47 Å². The average Bonchev–Trinajstić information content (AvgIpc) is 2.24. The van der Waals surface area contributed by atoms with Gasteiger partial charge in [0.05, 0.1) is 26.4 Å². The zero-order valence-electron chi connectivity index (χ0n) is 7.92. The van der Waals surface area contributed by atoms with Crippen LogP contribution in [0.25, 0.3) is 0 Å². The largest absolute Gasteiger partial charge is 0.396 e. The van der Waals surface area contributed by atoms with Crippen LogP contribution in [0.2, 0.25) is 0 Å². The van der Waals surface area contributed by atoms with Gasteiger partial charge in [0.15, 0.2) is 0 Å². The molecule has 84 valence electrons. The zero-order valence-corrected chi connectivity index (χ0v) is 9.56. The summed E-state index contributed by atoms with van der Waals surface area (Å²) in [7, 11) is 0. The fourth-order valence-electron chi connectivity index (χ4n) is 1.08. The SMILES string of the molecule is OCCSC1OCCOC1SCCO. The Morgan fingerprint density at radius 2 is 1.36 bits per heavy atom. The Hall–Kier alpha value is 0.540. The lowest BCUT2D eigenvalue weighted by Gasteiger charge is -2.30. The van der Waals surface area contributed by atoms with E-state index < -0.39 is 0 Å². The molecule has 1 fully saturated rings. The van der Waals surface area contributed by atoms with E-state index in [1.807, 2.05) is 0 Å². The van der Waals surface area contributed by atoms with Crippen LogP contribution in [0.15, 0.2) is 0 Å². The van der Waals surface area contributed by atoms with E-state index in [9.17, 15) is 0 Å². The third-order valence-electron chi connectivity index (χ3n) is 1.62. The van der Waals surface area contributed by atoms with Crippen molar-refractivity contribution in [2.24, 2.45) is 0 Å². The Labute approximate surface area is 92.3 Å². The molecule has 1 aliphatic heterocycles. The maximum absolute atomic E-state index is 8.70. The molecular formula is C8H16O4S2. The van der Waals surface area contributed by atoms with Crippen LogP contribution in [0.1, 0.15) is 0 Å². The van der Waals surface area contributed by atoms with Gasteiger partial charge in [0.2, 0.25) is 0 Å². The Morgan fingerprint density at radius 3 is 1.71 bits per heavy atom. The van der Waals surface area contributed by atoms with Crippen molar-refractivity contribution >= 4 is 23.5 Å². The number of aliphatic hydroxyl groups is 2. The van der Waals surface area contributed by atoms with Gasteiger partial charge in [-0.25, -0.2) is 0 Å². The minimum Gasteiger partial charge on any atom is -0.396 e. The van der Waals surface area contributed by atoms with Crippen molar-refractivity contribution in [2.75, 3.05) is 37.9 Å². The van der Waals surface area contributed by atoms with Gasteiger partial charge in [-0.1, -0.05) is 0 Å². The topological polar surface area (TPSA) is 58.9 Å². The summed E-state index contributed by atoms with van der Waals surface area (Å²) in [5.41, 5.74) is -0.0418. The van der Waals surface area contributed by atoms with Gasteiger partial charge in [-0.15, -0.1) is 23.5 Å². The van der Waals surface area contributed by atoms with Crippen molar-refractivity contribution in [3.8, 4) is 0 Å². The van der Waals surface area contributed by atoms with Gasteiger partial charge < -0.3 is 19.7 Å². The van der Waals surface area contributed by atoms with E-state index in [4.69, 9.17) is 19.7 Å². The monoisotopic (exact) mass is 240 g/mol. The number of hydrogen-bond acceptors (Lipinski definition) is 6. The minimum absolute atomic E-state index is 0.0209. The predicted molar refractivity (Wildman–Crippen MR) is 58.6 cm³/mol. The number of hydrogen-bond donors (Lipinski definition) is 2. The minimum atomic E-state index is -0.0209. The number of rotatable bonds is 6. The van der Waals surface area contributed by atoms with Crippen molar-refractivity contribution in [2.45, 2.75) is 10.9 Å². The van der Waals surface area contributed by atoms with Crippen LogP contribution < -0.4 is 0 Å². The lowest BCUT2D eigenvalue weighted by molar-refractivity contribution is -0.0662. The molecule has 2 unspecified atom stereocenters. The summed E-state index contributed by atoms with van der Waals surface area (Å²) in [5, 5.41) is 17.4. The highest BCUT2D eigenvalue weighted by atomic mass is 32.2. The fourth-order valence-corrected chi connectivity index (χ4v) is 3.08. The van der Waals surface area contributed by atoms with Crippen LogP contribution in [0.5, 0.6) is 0 Å². The predicted octanol–water partition coefficient (Wildman–Crippen LogP) is 0.136. The second-order valence-corrected chi connectivity index (χ2v) is 5.08. The maximum atomic E-state index is 8.70. The summed E-state index contributed by atoms with van der Waals surface area (Å²) in [6, 6.07) is 0. The summed E-state index contributed by atoms with van der Waals surface area (Å²) in [6.45, 7) is 1.53. The molecular weight excluding hydrogens is 224 g/mol. The van der Waals surface area contributed by atoms with Crippen molar-refractivity contribution in [3.05, 3.63) is 0 Å². The first-order valence-corrected chi connectivity index (χ1v) is 6.66. The Bertz CT molecular complexity index is 131. The molecule has 0 saturated carbocycles. The molecule has 0 bridgehead atoms. The van der Waals surface area contributed by atoms with E-state index in [0.29, 0.717) is 24.7 Å². The highest BCUT2D eigenvalue weighted by Gasteiger charge is 2.27. The summed E-state index contributed by atoms with van der Waals surface area (Å²) in [4.78, 5) is 0. The summed E-state index contributed by atoms with van der Waals surface area (Å²) < 4.78 is 11.0. The second-order valence-electron chi connectivity index (χ2n) is 2.67. The van der Waals surface area contributed by atoms with Gasteiger partial charge in [-0.3, -0.25) is 0 Å². The smallest absolute Gasteiger partial charge is 0.139 e. The molecule has 0 spiro atoms. The quantitative estimate of drug-likeness (QED) is 0.688. The van der Waals surface area contributed by atoms with Crippen LogP contribution in [0.4, 0.5) is 0 Å². The van der Waals surface area contributed by atoms with Gasteiger partial charge in [0.1, 0.15) is 10.9 Å². The van der Waals surface area contributed by atoms with Crippen LogP contribution in [0, 0.1) is 0 Å². The van der Waals surface area contributed by atoms with E-state index in [2.05, 4.69) is 0 Å². The lowest BCUT2D eigenvalue weighted by Crippen LogP contribution is -2.34. The molecule has 0 aromatic rings. The molecule has 1 saturated heterocycles. The molecule has 0 aliphatic carbocycles. The van der Waals surface area contributed by atoms with E-state index in [-0.39, 0.29) is 24.1 Å².